The van der Waals surface area contributed by atoms with Gasteiger partial charge in [-0.1, -0.05) is 13.0 Å². The first kappa shape index (κ1) is 12.8. The van der Waals surface area contributed by atoms with Crippen molar-refractivity contribution in [2.24, 2.45) is 7.05 Å². The van der Waals surface area contributed by atoms with Crippen LogP contribution in [-0.2, 0) is 20.0 Å². The molecule has 0 radical (unpaired) electrons. The van der Waals surface area contributed by atoms with Crippen LogP contribution in [0.5, 0.6) is 5.75 Å². The Morgan fingerprint density at radius 2 is 2.10 bits per heavy atom. The maximum absolute atomic E-state index is 5.41. The van der Waals surface area contributed by atoms with E-state index in [0.717, 1.165) is 29.8 Å². The lowest BCUT2D eigenvalue weighted by Crippen LogP contribution is -2.04. The highest BCUT2D eigenvalue weighted by Crippen LogP contribution is 2.26. The van der Waals surface area contributed by atoms with Crippen molar-refractivity contribution in [3.63, 3.8) is 0 Å². The van der Waals surface area contributed by atoms with Crippen molar-refractivity contribution < 1.29 is 4.74 Å². The lowest BCUT2D eigenvalue weighted by Gasteiger charge is -2.07. The molecule has 0 spiro atoms. The number of nitrogens with zero attached hydrogens (tertiary/aromatic N) is 3. The summed E-state index contributed by atoms with van der Waals surface area (Å²) in [7, 11) is 3.71. The number of hydrogen-bond donors (Lipinski definition) is 0. The highest BCUT2D eigenvalue weighted by atomic mass is 16.5. The third-order valence-corrected chi connectivity index (χ3v) is 3.72. The first-order valence-electron chi connectivity index (χ1n) is 6.86. The molecule has 2 heterocycles. The van der Waals surface area contributed by atoms with Gasteiger partial charge < -0.3 is 9.30 Å². The summed E-state index contributed by atoms with van der Waals surface area (Å²) >= 11 is 0. The zero-order valence-electron chi connectivity index (χ0n) is 12.1. The second-order valence-electron chi connectivity index (χ2n) is 4.94. The van der Waals surface area contributed by atoms with Crippen molar-refractivity contribution >= 4 is 10.9 Å². The van der Waals surface area contributed by atoms with Gasteiger partial charge in [-0.15, -0.1) is 0 Å². The van der Waals surface area contributed by atoms with Gasteiger partial charge in [-0.05, 0) is 30.7 Å². The van der Waals surface area contributed by atoms with E-state index in [9.17, 15) is 0 Å². The standard InChI is InChI=1S/C16H19N3O/c1-4-12-10-13(18(2)17-12)11-19-9-8-14-15(19)6-5-7-16(14)20-3/h5-10H,4,11H2,1-3H3. The second kappa shape index (κ2) is 5.04. The normalized spacial score (nSPS) is 11.2. The molecule has 0 saturated heterocycles. The molecule has 4 nitrogen and oxygen atoms in total. The predicted octanol–water partition coefficient (Wildman–Crippen LogP) is 2.99. The Labute approximate surface area is 118 Å². The third kappa shape index (κ3) is 2.07. The number of hydrogen-bond acceptors (Lipinski definition) is 2. The molecule has 3 aromatic rings. The molecule has 2 aromatic heterocycles. The van der Waals surface area contributed by atoms with E-state index in [1.165, 1.54) is 11.2 Å². The summed E-state index contributed by atoms with van der Waals surface area (Å²) < 4.78 is 9.60. The van der Waals surface area contributed by atoms with Crippen LogP contribution in [0.1, 0.15) is 18.3 Å². The second-order valence-corrected chi connectivity index (χ2v) is 4.94. The molecular formula is C16H19N3O. The van der Waals surface area contributed by atoms with Gasteiger partial charge in [-0.2, -0.15) is 5.10 Å². The van der Waals surface area contributed by atoms with Gasteiger partial charge in [0.25, 0.3) is 0 Å². The molecule has 0 atom stereocenters. The minimum absolute atomic E-state index is 0.820. The Morgan fingerprint density at radius 1 is 1.25 bits per heavy atom. The van der Waals surface area contributed by atoms with E-state index >= 15 is 0 Å². The van der Waals surface area contributed by atoms with Crippen LogP contribution in [0.2, 0.25) is 0 Å². The SMILES string of the molecule is CCc1cc(Cn2ccc3c(OC)cccc32)n(C)n1. The smallest absolute Gasteiger partial charge is 0.128 e. The molecule has 0 aliphatic heterocycles. The van der Waals surface area contributed by atoms with E-state index in [1.54, 1.807) is 7.11 Å². The Balaban J connectivity index is 2.00. The molecule has 20 heavy (non-hydrogen) atoms. The van der Waals surface area contributed by atoms with Gasteiger partial charge in [0.15, 0.2) is 0 Å². The van der Waals surface area contributed by atoms with Crippen LogP contribution < -0.4 is 4.74 Å². The Bertz CT molecular complexity index is 739. The van der Waals surface area contributed by atoms with Gasteiger partial charge in [0.05, 0.1) is 30.6 Å². The summed E-state index contributed by atoms with van der Waals surface area (Å²) in [5.74, 6) is 0.917. The van der Waals surface area contributed by atoms with E-state index in [2.05, 4.69) is 41.0 Å². The highest BCUT2D eigenvalue weighted by molar-refractivity contribution is 5.86. The lowest BCUT2D eigenvalue weighted by atomic mass is 10.2. The molecule has 4 heteroatoms. The zero-order valence-corrected chi connectivity index (χ0v) is 12.1. The molecular weight excluding hydrogens is 250 g/mol. The van der Waals surface area contributed by atoms with Crippen LogP contribution in [0.4, 0.5) is 0 Å². The summed E-state index contributed by atoms with van der Waals surface area (Å²) in [4.78, 5) is 0. The largest absolute Gasteiger partial charge is 0.496 e. The first-order valence-corrected chi connectivity index (χ1v) is 6.86. The molecule has 0 aliphatic rings. The number of aromatic nitrogens is 3. The molecule has 3 rings (SSSR count). The third-order valence-electron chi connectivity index (χ3n) is 3.72. The molecule has 0 aliphatic carbocycles. The number of aryl methyl sites for hydroxylation is 2. The lowest BCUT2D eigenvalue weighted by molar-refractivity contribution is 0.420. The van der Waals surface area contributed by atoms with E-state index in [-0.39, 0.29) is 0 Å². The Morgan fingerprint density at radius 3 is 2.80 bits per heavy atom. The summed E-state index contributed by atoms with van der Waals surface area (Å²) in [5, 5.41) is 5.65. The molecule has 1 aromatic carbocycles. The number of fused-ring (bicyclic) bond motifs is 1. The minimum atomic E-state index is 0.820. The fraction of sp³-hybridized carbons (Fsp3) is 0.312. The van der Waals surface area contributed by atoms with Crippen molar-refractivity contribution in [1.82, 2.24) is 14.3 Å². The average Bonchev–Trinajstić information content (AvgIpc) is 3.03. The number of ether oxygens (including phenoxy) is 1. The summed E-state index contributed by atoms with van der Waals surface area (Å²) in [6.45, 7) is 2.95. The van der Waals surface area contributed by atoms with Crippen molar-refractivity contribution in [2.75, 3.05) is 7.11 Å². The van der Waals surface area contributed by atoms with Gasteiger partial charge in [0, 0.05) is 18.6 Å². The Kier molecular flexibility index (Phi) is 3.22. The number of rotatable bonds is 4. The van der Waals surface area contributed by atoms with Gasteiger partial charge >= 0.3 is 0 Å². The van der Waals surface area contributed by atoms with Crippen molar-refractivity contribution in [3.05, 3.63) is 47.9 Å². The van der Waals surface area contributed by atoms with Gasteiger partial charge in [0.2, 0.25) is 0 Å². The van der Waals surface area contributed by atoms with Crippen molar-refractivity contribution in [2.45, 2.75) is 19.9 Å². The monoisotopic (exact) mass is 269 g/mol. The first-order chi connectivity index (χ1) is 9.72. The zero-order chi connectivity index (χ0) is 14.1. The van der Waals surface area contributed by atoms with Gasteiger partial charge in [-0.25, -0.2) is 0 Å². The summed E-state index contributed by atoms with van der Waals surface area (Å²) in [6, 6.07) is 10.4. The van der Waals surface area contributed by atoms with Crippen LogP contribution in [0.25, 0.3) is 10.9 Å². The molecule has 0 N–H and O–H groups in total. The quantitative estimate of drug-likeness (QED) is 0.729. The predicted molar refractivity (Wildman–Crippen MR) is 80.2 cm³/mol. The molecule has 0 saturated carbocycles. The average molecular weight is 269 g/mol. The van der Waals surface area contributed by atoms with Gasteiger partial charge in [-0.3, -0.25) is 4.68 Å². The van der Waals surface area contributed by atoms with Crippen LogP contribution in [0.15, 0.2) is 36.5 Å². The minimum Gasteiger partial charge on any atom is -0.496 e. The fourth-order valence-electron chi connectivity index (χ4n) is 2.58. The van der Waals surface area contributed by atoms with Crippen molar-refractivity contribution in [3.8, 4) is 5.75 Å². The van der Waals surface area contributed by atoms with Crippen molar-refractivity contribution in [1.29, 1.82) is 0 Å². The van der Waals surface area contributed by atoms with E-state index in [4.69, 9.17) is 4.74 Å². The van der Waals surface area contributed by atoms with Crippen LogP contribution >= 0.6 is 0 Å². The van der Waals surface area contributed by atoms with E-state index in [0.29, 0.717) is 0 Å². The van der Waals surface area contributed by atoms with Gasteiger partial charge in [0.1, 0.15) is 5.75 Å². The maximum Gasteiger partial charge on any atom is 0.128 e. The number of methoxy groups -OCH3 is 1. The topological polar surface area (TPSA) is 32.0 Å². The molecule has 104 valence electrons. The Hall–Kier alpha value is -2.23. The molecule has 0 unspecified atom stereocenters. The van der Waals surface area contributed by atoms with E-state index in [1.807, 2.05) is 23.9 Å². The van der Waals surface area contributed by atoms with E-state index < -0.39 is 0 Å². The van der Waals surface area contributed by atoms with Crippen LogP contribution in [0.3, 0.4) is 0 Å². The fourth-order valence-corrected chi connectivity index (χ4v) is 2.58. The summed E-state index contributed by atoms with van der Waals surface area (Å²) in [6.07, 6.45) is 3.07. The van der Waals surface area contributed by atoms with Crippen LogP contribution in [0, 0.1) is 0 Å². The molecule has 0 fully saturated rings. The molecule has 0 amide bonds. The van der Waals surface area contributed by atoms with Crippen LogP contribution in [-0.4, -0.2) is 21.5 Å². The number of benzene rings is 1. The highest BCUT2D eigenvalue weighted by Gasteiger charge is 2.09. The molecule has 0 bridgehead atoms. The maximum atomic E-state index is 5.41. The summed E-state index contributed by atoms with van der Waals surface area (Å²) in [5.41, 5.74) is 3.53.